The third-order valence-electron chi connectivity index (χ3n) is 3.21. The van der Waals surface area contributed by atoms with Gasteiger partial charge in [0.1, 0.15) is 0 Å². The first-order valence-corrected chi connectivity index (χ1v) is 7.51. The van der Waals surface area contributed by atoms with Crippen LogP contribution in [0.15, 0.2) is 0 Å². The van der Waals surface area contributed by atoms with Gasteiger partial charge in [0.15, 0.2) is 0 Å². The van der Waals surface area contributed by atoms with Crippen LogP contribution in [0, 0.1) is 0 Å². The van der Waals surface area contributed by atoms with Crippen molar-refractivity contribution in [1.82, 2.24) is 10.6 Å². The molecule has 0 aliphatic rings. The van der Waals surface area contributed by atoms with Crippen molar-refractivity contribution in [2.24, 2.45) is 11.5 Å². The van der Waals surface area contributed by atoms with E-state index in [0.29, 0.717) is 18.1 Å². The van der Waals surface area contributed by atoms with E-state index >= 15 is 0 Å². The largest absolute Gasteiger partial charge is 0.328 e. The lowest BCUT2D eigenvalue weighted by atomic mass is 10.1. The Morgan fingerprint density at radius 3 is 2.06 bits per heavy atom. The van der Waals surface area contributed by atoms with Gasteiger partial charge in [0, 0.05) is 18.1 Å². The highest BCUT2D eigenvalue weighted by molar-refractivity contribution is 4.67. The lowest BCUT2D eigenvalue weighted by Gasteiger charge is -2.18. The van der Waals surface area contributed by atoms with Crippen molar-refractivity contribution >= 4 is 0 Å². The maximum atomic E-state index is 5.74. The van der Waals surface area contributed by atoms with Crippen LogP contribution in [0.3, 0.4) is 0 Å². The Morgan fingerprint density at radius 2 is 1.50 bits per heavy atom. The van der Waals surface area contributed by atoms with Crippen molar-refractivity contribution in [3.05, 3.63) is 0 Å². The fraction of sp³-hybridized carbons (Fsp3) is 1.00. The van der Waals surface area contributed by atoms with Crippen LogP contribution in [0.1, 0.15) is 52.9 Å². The Morgan fingerprint density at radius 1 is 0.889 bits per heavy atom. The van der Waals surface area contributed by atoms with E-state index in [0.717, 1.165) is 32.5 Å². The van der Waals surface area contributed by atoms with E-state index < -0.39 is 0 Å². The van der Waals surface area contributed by atoms with E-state index in [4.69, 9.17) is 11.5 Å². The Labute approximate surface area is 113 Å². The van der Waals surface area contributed by atoms with E-state index in [9.17, 15) is 0 Å². The molecule has 0 aromatic rings. The number of nitrogens with two attached hydrogens (primary N) is 2. The summed E-state index contributed by atoms with van der Waals surface area (Å²) in [5.74, 6) is 0. The first-order valence-electron chi connectivity index (χ1n) is 7.51. The van der Waals surface area contributed by atoms with Crippen molar-refractivity contribution in [3.8, 4) is 0 Å². The zero-order valence-corrected chi connectivity index (χ0v) is 12.5. The predicted octanol–water partition coefficient (Wildman–Crippen LogP) is 1.20. The van der Waals surface area contributed by atoms with Crippen LogP contribution >= 0.6 is 0 Å². The highest BCUT2D eigenvalue weighted by Crippen LogP contribution is 2.01. The molecular weight excluding hydrogens is 224 g/mol. The molecule has 0 saturated carbocycles. The molecule has 0 aliphatic heterocycles. The first-order chi connectivity index (χ1) is 8.56. The predicted molar refractivity (Wildman–Crippen MR) is 80.7 cm³/mol. The summed E-state index contributed by atoms with van der Waals surface area (Å²) in [5.41, 5.74) is 11.4. The molecule has 0 radical (unpaired) electrons. The molecular formula is C14H34N4. The molecule has 0 bridgehead atoms. The van der Waals surface area contributed by atoms with Gasteiger partial charge in [-0.05, 0) is 65.6 Å². The lowest BCUT2D eigenvalue weighted by Crippen LogP contribution is -2.33. The number of rotatable bonds is 12. The van der Waals surface area contributed by atoms with E-state index in [-0.39, 0.29) is 0 Å². The molecule has 0 saturated heterocycles. The van der Waals surface area contributed by atoms with Crippen molar-refractivity contribution < 1.29 is 0 Å². The minimum absolute atomic E-state index is 0.301. The van der Waals surface area contributed by atoms with Crippen molar-refractivity contribution in [3.63, 3.8) is 0 Å². The lowest BCUT2D eigenvalue weighted by molar-refractivity contribution is 0.434. The molecule has 0 amide bonds. The smallest absolute Gasteiger partial charge is 0.00649 e. The van der Waals surface area contributed by atoms with Crippen LogP contribution in [-0.2, 0) is 0 Å². The molecule has 0 spiro atoms. The van der Waals surface area contributed by atoms with Gasteiger partial charge < -0.3 is 22.1 Å². The van der Waals surface area contributed by atoms with Gasteiger partial charge in [-0.2, -0.15) is 0 Å². The van der Waals surface area contributed by atoms with Gasteiger partial charge in [-0.1, -0.05) is 6.92 Å². The quantitative estimate of drug-likeness (QED) is 0.397. The second kappa shape index (κ2) is 11.9. The van der Waals surface area contributed by atoms with E-state index in [1.807, 2.05) is 0 Å². The molecule has 110 valence electrons. The third kappa shape index (κ3) is 12.3. The van der Waals surface area contributed by atoms with Crippen molar-refractivity contribution in [1.29, 1.82) is 0 Å². The monoisotopic (exact) mass is 258 g/mol. The Bertz CT molecular complexity index is 171. The van der Waals surface area contributed by atoms with Crippen LogP contribution in [0.2, 0.25) is 0 Å². The van der Waals surface area contributed by atoms with Gasteiger partial charge in [0.2, 0.25) is 0 Å². The third-order valence-corrected chi connectivity index (χ3v) is 3.21. The Balaban J connectivity index is 3.38. The molecule has 0 rings (SSSR count). The standard InChI is InChI=1S/C14H34N4/c1-4-14(18-11-8-13(3)16)6-5-9-17-10-7-12(2)15/h12-14,17-18H,4-11,15-16H2,1-3H3. The van der Waals surface area contributed by atoms with Gasteiger partial charge in [-0.3, -0.25) is 0 Å². The molecule has 0 heterocycles. The molecule has 18 heavy (non-hydrogen) atoms. The molecule has 3 atom stereocenters. The van der Waals surface area contributed by atoms with Crippen LogP contribution in [0.5, 0.6) is 0 Å². The molecule has 4 nitrogen and oxygen atoms in total. The van der Waals surface area contributed by atoms with Crippen LogP contribution in [-0.4, -0.2) is 37.8 Å². The topological polar surface area (TPSA) is 76.1 Å². The van der Waals surface area contributed by atoms with Gasteiger partial charge in [-0.15, -0.1) is 0 Å². The number of nitrogens with one attached hydrogen (secondary N) is 2. The zero-order chi connectivity index (χ0) is 13.8. The second-order valence-corrected chi connectivity index (χ2v) is 5.48. The highest BCUT2D eigenvalue weighted by atomic mass is 14.9. The molecule has 0 aromatic heterocycles. The minimum Gasteiger partial charge on any atom is -0.328 e. The molecule has 6 N–H and O–H groups in total. The summed E-state index contributed by atoms with van der Waals surface area (Å²) < 4.78 is 0. The maximum absolute atomic E-state index is 5.74. The average molecular weight is 258 g/mol. The average Bonchev–Trinajstić information content (AvgIpc) is 2.30. The van der Waals surface area contributed by atoms with E-state index in [1.165, 1.54) is 19.3 Å². The summed E-state index contributed by atoms with van der Waals surface area (Å²) in [6, 6.07) is 1.25. The summed E-state index contributed by atoms with van der Waals surface area (Å²) in [5, 5.41) is 7.02. The van der Waals surface area contributed by atoms with Gasteiger partial charge in [-0.25, -0.2) is 0 Å². The van der Waals surface area contributed by atoms with Gasteiger partial charge in [0.25, 0.3) is 0 Å². The molecule has 0 fully saturated rings. The van der Waals surface area contributed by atoms with Gasteiger partial charge >= 0.3 is 0 Å². The Hall–Kier alpha value is -0.160. The molecule has 3 unspecified atom stereocenters. The second-order valence-electron chi connectivity index (χ2n) is 5.48. The first kappa shape index (κ1) is 17.8. The summed E-state index contributed by atoms with van der Waals surface area (Å²) in [4.78, 5) is 0. The van der Waals surface area contributed by atoms with E-state index in [2.05, 4.69) is 31.4 Å². The fourth-order valence-corrected chi connectivity index (χ4v) is 1.89. The van der Waals surface area contributed by atoms with Crippen LogP contribution in [0.25, 0.3) is 0 Å². The van der Waals surface area contributed by atoms with Gasteiger partial charge in [0.05, 0.1) is 0 Å². The van der Waals surface area contributed by atoms with Crippen molar-refractivity contribution in [2.75, 3.05) is 19.6 Å². The summed E-state index contributed by atoms with van der Waals surface area (Å²) >= 11 is 0. The summed E-state index contributed by atoms with van der Waals surface area (Å²) in [6.45, 7) is 9.52. The van der Waals surface area contributed by atoms with Crippen LogP contribution < -0.4 is 22.1 Å². The normalized spacial score (nSPS) is 16.5. The molecule has 4 heteroatoms. The highest BCUT2D eigenvalue weighted by Gasteiger charge is 2.05. The van der Waals surface area contributed by atoms with E-state index in [1.54, 1.807) is 0 Å². The summed E-state index contributed by atoms with van der Waals surface area (Å²) in [7, 11) is 0. The zero-order valence-electron chi connectivity index (χ0n) is 12.5. The van der Waals surface area contributed by atoms with Crippen molar-refractivity contribution in [2.45, 2.75) is 71.0 Å². The van der Waals surface area contributed by atoms with Crippen LogP contribution in [0.4, 0.5) is 0 Å². The SMILES string of the molecule is CCC(CCCNCCC(C)N)NCCC(C)N. The Kier molecular flexibility index (Phi) is 11.8. The fourth-order valence-electron chi connectivity index (χ4n) is 1.89. The minimum atomic E-state index is 0.301. The summed E-state index contributed by atoms with van der Waals surface area (Å²) in [6.07, 6.45) is 5.77. The number of hydrogen-bond acceptors (Lipinski definition) is 4. The molecule has 0 aliphatic carbocycles. The maximum Gasteiger partial charge on any atom is 0.00649 e. The molecule has 0 aromatic carbocycles. The number of hydrogen-bond donors (Lipinski definition) is 4.